The van der Waals surface area contributed by atoms with Gasteiger partial charge >= 0.3 is 5.97 Å². The molecule has 0 unspecified atom stereocenters. The fraction of sp³-hybridized carbons (Fsp3) is 0.324. The number of fused-ring (bicyclic) bond motifs is 1. The maximum Gasteiger partial charge on any atom is 0.338 e. The highest BCUT2D eigenvalue weighted by Crippen LogP contribution is 2.36. The third-order valence-corrected chi connectivity index (χ3v) is 9.70. The fourth-order valence-corrected chi connectivity index (χ4v) is 7.04. The highest BCUT2D eigenvalue weighted by atomic mass is 127. The summed E-state index contributed by atoms with van der Waals surface area (Å²) in [6, 6.07) is 13.2. The van der Waals surface area contributed by atoms with Gasteiger partial charge in [-0.15, -0.1) is 0 Å². The molecule has 2 aromatic carbocycles. The Kier molecular flexibility index (Phi) is 9.22. The molecule has 8 nitrogen and oxygen atoms in total. The molecule has 0 radical (unpaired) electrons. The van der Waals surface area contributed by atoms with Gasteiger partial charge in [-0.05, 0) is 124 Å². The van der Waals surface area contributed by atoms with E-state index >= 15 is 0 Å². The van der Waals surface area contributed by atoms with Crippen LogP contribution in [0.2, 0.25) is 0 Å². The van der Waals surface area contributed by atoms with Crippen molar-refractivity contribution in [3.8, 4) is 17.2 Å². The number of thiazole rings is 1. The van der Waals surface area contributed by atoms with E-state index < -0.39 is 12.0 Å². The van der Waals surface area contributed by atoms with E-state index in [0.717, 1.165) is 22.6 Å². The quantitative estimate of drug-likeness (QED) is 0.167. The molecule has 0 saturated heterocycles. The second-order valence-corrected chi connectivity index (χ2v) is 13.1. The monoisotopic (exact) mass is 725 g/mol. The molecule has 0 N–H and O–H groups in total. The maximum absolute atomic E-state index is 14.2. The third kappa shape index (κ3) is 5.89. The maximum atomic E-state index is 14.2. The lowest BCUT2D eigenvalue weighted by molar-refractivity contribution is -0.139. The van der Waals surface area contributed by atoms with Crippen molar-refractivity contribution >= 4 is 46.0 Å². The van der Waals surface area contributed by atoms with Crippen LogP contribution in [-0.2, 0) is 9.53 Å². The summed E-state index contributed by atoms with van der Waals surface area (Å²) < 4.78 is 22.5. The average Bonchev–Trinajstić information content (AvgIpc) is 3.43. The lowest BCUT2D eigenvalue weighted by Gasteiger charge is -2.25. The summed E-state index contributed by atoms with van der Waals surface area (Å²) in [5, 5.41) is 0. The van der Waals surface area contributed by atoms with Crippen molar-refractivity contribution in [2.75, 3.05) is 13.7 Å². The largest absolute Gasteiger partial charge is 0.493 e. The fourth-order valence-electron chi connectivity index (χ4n) is 5.51. The molecule has 5 rings (SSSR count). The number of ether oxygens (including phenoxy) is 3. The molecule has 0 saturated carbocycles. The van der Waals surface area contributed by atoms with Gasteiger partial charge in [-0.1, -0.05) is 23.5 Å². The van der Waals surface area contributed by atoms with E-state index in [0.29, 0.717) is 37.7 Å². The van der Waals surface area contributed by atoms with Crippen molar-refractivity contribution in [3.63, 3.8) is 0 Å². The summed E-state index contributed by atoms with van der Waals surface area (Å²) in [6.07, 6.45) is 1.86. The van der Waals surface area contributed by atoms with Gasteiger partial charge in [0.2, 0.25) is 0 Å². The van der Waals surface area contributed by atoms with Gasteiger partial charge in [-0.25, -0.2) is 9.79 Å². The molecule has 230 valence electrons. The number of carbonyl (C=O) groups is 1. The van der Waals surface area contributed by atoms with Crippen LogP contribution in [0, 0.1) is 24.3 Å². The zero-order valence-corrected chi connectivity index (χ0v) is 29.1. The minimum Gasteiger partial charge on any atom is -0.493 e. The van der Waals surface area contributed by atoms with Crippen LogP contribution < -0.4 is 24.4 Å². The van der Waals surface area contributed by atoms with E-state index in [4.69, 9.17) is 19.2 Å². The Morgan fingerprint density at radius 1 is 1.09 bits per heavy atom. The van der Waals surface area contributed by atoms with E-state index in [1.54, 1.807) is 25.5 Å². The Labute approximate surface area is 274 Å². The smallest absolute Gasteiger partial charge is 0.338 e. The zero-order valence-electron chi connectivity index (χ0n) is 26.1. The molecule has 10 heteroatoms. The molecule has 3 heterocycles. The van der Waals surface area contributed by atoms with Gasteiger partial charge in [0, 0.05) is 20.6 Å². The minimum atomic E-state index is -0.753. The Balaban J connectivity index is 1.69. The van der Waals surface area contributed by atoms with Crippen molar-refractivity contribution in [2.45, 2.75) is 60.6 Å². The summed E-state index contributed by atoms with van der Waals surface area (Å²) in [7, 11) is 1.57. The lowest BCUT2D eigenvalue weighted by Crippen LogP contribution is -2.40. The molecule has 1 atom stereocenters. The number of nitrogens with zero attached hydrogens (tertiary/aromatic N) is 3. The van der Waals surface area contributed by atoms with Gasteiger partial charge in [-0.2, -0.15) is 0 Å². The summed E-state index contributed by atoms with van der Waals surface area (Å²) >= 11 is 3.66. The molecule has 1 aliphatic heterocycles. The van der Waals surface area contributed by atoms with E-state index in [9.17, 15) is 9.59 Å². The van der Waals surface area contributed by atoms with E-state index in [-0.39, 0.29) is 18.3 Å². The number of carbonyl (C=O) groups excluding carboxylic acids is 1. The molecule has 0 spiro atoms. The first-order valence-corrected chi connectivity index (χ1v) is 16.3. The standard InChI is InChI=1S/C34H36IN3O5S/c1-9-42-33(40)30-21(6)36-34-38(31(30)23-11-13-27(43-18(2)3)28(15-23)41-8)32(39)29(44-34)16-24-14-20(5)37(22(24)7)25-12-10-19(4)26(35)17-25/h10-18,31H,9H2,1-8H3/b29-16+/t31-/m0/s1. The van der Waals surface area contributed by atoms with Gasteiger partial charge in [0.1, 0.15) is 0 Å². The number of hydrogen-bond acceptors (Lipinski definition) is 7. The van der Waals surface area contributed by atoms with Crippen LogP contribution in [0.4, 0.5) is 0 Å². The topological polar surface area (TPSA) is 84.1 Å². The SMILES string of the molecule is CCOC(=O)C1=C(C)N=c2s/c(=C/c3cc(C)n(-c4ccc(C)c(I)c4)c3C)c(=O)n2[C@H]1c1ccc(OC(C)C)c(OC)c1. The molecule has 0 bridgehead atoms. The van der Waals surface area contributed by atoms with E-state index in [2.05, 4.69) is 72.2 Å². The van der Waals surface area contributed by atoms with Crippen molar-refractivity contribution in [1.82, 2.24) is 9.13 Å². The van der Waals surface area contributed by atoms with Gasteiger partial charge in [0.15, 0.2) is 16.3 Å². The molecular formula is C34H36IN3O5S. The van der Waals surface area contributed by atoms with Crippen LogP contribution in [0.3, 0.4) is 0 Å². The average molecular weight is 726 g/mol. The Morgan fingerprint density at radius 3 is 2.50 bits per heavy atom. The van der Waals surface area contributed by atoms with Crippen LogP contribution in [0.15, 0.2) is 63.5 Å². The van der Waals surface area contributed by atoms with Crippen LogP contribution in [0.5, 0.6) is 11.5 Å². The van der Waals surface area contributed by atoms with E-state index in [1.807, 2.05) is 38.1 Å². The minimum absolute atomic E-state index is 0.0544. The van der Waals surface area contributed by atoms with Gasteiger partial charge in [0.25, 0.3) is 5.56 Å². The number of esters is 1. The first kappa shape index (κ1) is 31.8. The van der Waals surface area contributed by atoms with Gasteiger partial charge < -0.3 is 18.8 Å². The zero-order chi connectivity index (χ0) is 31.9. The molecule has 1 aliphatic rings. The summed E-state index contributed by atoms with van der Waals surface area (Å²) in [6.45, 7) is 13.8. The first-order valence-electron chi connectivity index (χ1n) is 14.4. The predicted molar refractivity (Wildman–Crippen MR) is 182 cm³/mol. The van der Waals surface area contributed by atoms with Gasteiger partial charge in [0.05, 0.1) is 41.7 Å². The molecular weight excluding hydrogens is 689 g/mol. The number of aryl methyl sites for hydroxylation is 2. The Bertz CT molecular complexity index is 1980. The summed E-state index contributed by atoms with van der Waals surface area (Å²) in [5.74, 6) is 0.579. The molecule has 0 aliphatic carbocycles. The molecule has 44 heavy (non-hydrogen) atoms. The third-order valence-electron chi connectivity index (χ3n) is 7.55. The molecule has 0 fully saturated rings. The number of halogens is 1. The lowest BCUT2D eigenvalue weighted by atomic mass is 9.95. The molecule has 2 aromatic heterocycles. The van der Waals surface area contributed by atoms with Crippen LogP contribution >= 0.6 is 33.9 Å². The molecule has 4 aromatic rings. The van der Waals surface area contributed by atoms with Crippen molar-refractivity contribution in [1.29, 1.82) is 0 Å². The predicted octanol–water partition coefficient (Wildman–Crippen LogP) is 5.91. The highest BCUT2D eigenvalue weighted by Gasteiger charge is 2.34. The molecule has 0 amide bonds. The Hall–Kier alpha value is -3.64. The number of benzene rings is 2. The van der Waals surface area contributed by atoms with Crippen molar-refractivity contribution in [2.24, 2.45) is 4.99 Å². The number of methoxy groups -OCH3 is 1. The first-order chi connectivity index (χ1) is 20.9. The van der Waals surface area contributed by atoms with Gasteiger partial charge in [-0.3, -0.25) is 9.36 Å². The summed E-state index contributed by atoms with van der Waals surface area (Å²) in [4.78, 5) is 32.8. The number of allylic oxidation sites excluding steroid dienone is 1. The second-order valence-electron chi connectivity index (χ2n) is 11.0. The van der Waals surface area contributed by atoms with Crippen molar-refractivity contribution < 1.29 is 19.0 Å². The van der Waals surface area contributed by atoms with Crippen LogP contribution in [0.1, 0.15) is 61.8 Å². The summed E-state index contributed by atoms with van der Waals surface area (Å²) in [5.41, 5.74) is 6.62. The van der Waals surface area contributed by atoms with Crippen LogP contribution in [0.25, 0.3) is 11.8 Å². The number of rotatable bonds is 8. The second kappa shape index (κ2) is 12.8. The van der Waals surface area contributed by atoms with Crippen LogP contribution in [-0.4, -0.2) is 34.9 Å². The number of aromatic nitrogens is 2. The Morgan fingerprint density at radius 2 is 1.84 bits per heavy atom. The normalized spacial score (nSPS) is 15.0. The van der Waals surface area contributed by atoms with Crippen molar-refractivity contribution in [3.05, 3.63) is 105 Å². The highest BCUT2D eigenvalue weighted by molar-refractivity contribution is 14.1. The number of hydrogen-bond donors (Lipinski definition) is 0. The van der Waals surface area contributed by atoms with E-state index in [1.165, 1.54) is 20.5 Å².